The van der Waals surface area contributed by atoms with Crippen LogP contribution in [0.25, 0.3) is 0 Å². The largest absolute Gasteiger partial charge is 0.489 e. The van der Waals surface area contributed by atoms with Crippen molar-refractivity contribution in [2.75, 3.05) is 5.88 Å². The molecule has 1 fully saturated rings. The summed E-state index contributed by atoms with van der Waals surface area (Å²) in [6, 6.07) is 7.91. The average molecular weight is 235 g/mol. The van der Waals surface area contributed by atoms with E-state index >= 15 is 0 Å². The van der Waals surface area contributed by atoms with Gasteiger partial charge in [-0.15, -0.1) is 11.6 Å². The third-order valence-corrected chi connectivity index (χ3v) is 2.91. The van der Waals surface area contributed by atoms with Gasteiger partial charge in [-0.2, -0.15) is 0 Å². The summed E-state index contributed by atoms with van der Waals surface area (Å²) in [5.74, 6) is 7.15. The van der Waals surface area contributed by atoms with E-state index in [0.29, 0.717) is 12.0 Å². The second-order valence-electron chi connectivity index (χ2n) is 3.96. The number of hydrogen-bond acceptors (Lipinski definition) is 1. The summed E-state index contributed by atoms with van der Waals surface area (Å²) in [7, 11) is 0. The van der Waals surface area contributed by atoms with Crippen molar-refractivity contribution in [3.63, 3.8) is 0 Å². The van der Waals surface area contributed by atoms with E-state index in [9.17, 15) is 0 Å². The molecule has 1 nitrogen and oxygen atoms in total. The molecule has 0 atom stereocenters. The number of rotatable bonds is 2. The monoisotopic (exact) mass is 234 g/mol. The van der Waals surface area contributed by atoms with Crippen LogP contribution in [-0.2, 0) is 0 Å². The second kappa shape index (κ2) is 5.82. The maximum Gasteiger partial charge on any atom is 0.135 e. The summed E-state index contributed by atoms with van der Waals surface area (Å²) in [5, 5.41) is 0. The second-order valence-corrected chi connectivity index (χ2v) is 4.22. The normalized spacial score (nSPS) is 15.6. The van der Waals surface area contributed by atoms with Crippen molar-refractivity contribution in [1.29, 1.82) is 0 Å². The molecular formula is C14H15ClO. The first-order chi connectivity index (χ1) is 7.90. The number of para-hydroxylation sites is 1. The third kappa shape index (κ3) is 2.93. The molecule has 1 aromatic carbocycles. The Kier molecular flexibility index (Phi) is 4.13. The molecule has 16 heavy (non-hydrogen) atoms. The van der Waals surface area contributed by atoms with E-state index in [-0.39, 0.29) is 0 Å². The van der Waals surface area contributed by atoms with Gasteiger partial charge in [-0.3, -0.25) is 0 Å². The molecule has 1 aliphatic carbocycles. The minimum absolute atomic E-state index is 0.359. The Balaban J connectivity index is 2.12. The summed E-state index contributed by atoms with van der Waals surface area (Å²) >= 11 is 5.56. The van der Waals surface area contributed by atoms with Crippen molar-refractivity contribution in [1.82, 2.24) is 0 Å². The molecule has 1 aromatic rings. The Morgan fingerprint density at radius 1 is 1.25 bits per heavy atom. The lowest BCUT2D eigenvalue weighted by Gasteiger charge is -2.14. The maximum absolute atomic E-state index is 5.96. The highest BCUT2D eigenvalue weighted by Crippen LogP contribution is 2.26. The number of halogens is 1. The quantitative estimate of drug-likeness (QED) is 0.561. The summed E-state index contributed by atoms with van der Waals surface area (Å²) in [4.78, 5) is 0. The van der Waals surface area contributed by atoms with Crippen molar-refractivity contribution < 1.29 is 4.74 Å². The summed E-state index contributed by atoms with van der Waals surface area (Å²) in [5.41, 5.74) is 0.940. The van der Waals surface area contributed by atoms with E-state index in [0.717, 1.165) is 24.2 Å². The minimum Gasteiger partial charge on any atom is -0.489 e. The summed E-state index contributed by atoms with van der Waals surface area (Å²) < 4.78 is 5.96. The Labute approximate surface area is 102 Å². The zero-order chi connectivity index (χ0) is 11.2. The highest BCUT2D eigenvalue weighted by Gasteiger charge is 2.17. The average Bonchev–Trinajstić information content (AvgIpc) is 2.81. The highest BCUT2D eigenvalue weighted by molar-refractivity contribution is 6.19. The Morgan fingerprint density at radius 2 is 2.00 bits per heavy atom. The molecule has 0 unspecified atom stereocenters. The first-order valence-corrected chi connectivity index (χ1v) is 6.24. The van der Waals surface area contributed by atoms with Gasteiger partial charge < -0.3 is 4.74 Å². The van der Waals surface area contributed by atoms with E-state index in [1.807, 2.05) is 24.3 Å². The Morgan fingerprint density at radius 3 is 2.75 bits per heavy atom. The van der Waals surface area contributed by atoms with Gasteiger partial charge in [0, 0.05) is 0 Å². The zero-order valence-electron chi connectivity index (χ0n) is 9.21. The fourth-order valence-electron chi connectivity index (χ4n) is 1.99. The van der Waals surface area contributed by atoms with Crippen LogP contribution in [0, 0.1) is 11.8 Å². The van der Waals surface area contributed by atoms with Crippen molar-refractivity contribution in [3.8, 4) is 17.6 Å². The SMILES string of the molecule is ClCC#Cc1ccccc1OC1CCCC1. The topological polar surface area (TPSA) is 9.23 Å². The van der Waals surface area contributed by atoms with Crippen molar-refractivity contribution in [2.24, 2.45) is 0 Å². The van der Waals surface area contributed by atoms with E-state index in [1.54, 1.807) is 0 Å². The van der Waals surface area contributed by atoms with Crippen LogP contribution in [0.15, 0.2) is 24.3 Å². The van der Waals surface area contributed by atoms with Crippen LogP contribution in [0.5, 0.6) is 5.75 Å². The van der Waals surface area contributed by atoms with Gasteiger partial charge in [0.15, 0.2) is 0 Å². The number of hydrogen-bond donors (Lipinski definition) is 0. The molecule has 0 aliphatic heterocycles. The van der Waals surface area contributed by atoms with Gasteiger partial charge in [-0.25, -0.2) is 0 Å². The molecular weight excluding hydrogens is 220 g/mol. The lowest BCUT2D eigenvalue weighted by Crippen LogP contribution is -2.11. The summed E-state index contributed by atoms with van der Waals surface area (Å²) in [6.07, 6.45) is 5.26. The van der Waals surface area contributed by atoms with Gasteiger partial charge in [0.2, 0.25) is 0 Å². The molecule has 0 N–H and O–H groups in total. The fourth-order valence-corrected chi connectivity index (χ4v) is 2.05. The summed E-state index contributed by atoms with van der Waals surface area (Å²) in [6.45, 7) is 0. The highest BCUT2D eigenvalue weighted by atomic mass is 35.5. The van der Waals surface area contributed by atoms with Crippen LogP contribution < -0.4 is 4.74 Å². The van der Waals surface area contributed by atoms with Crippen LogP contribution in [0.1, 0.15) is 31.2 Å². The molecule has 1 aliphatic rings. The van der Waals surface area contributed by atoms with Gasteiger partial charge in [-0.1, -0.05) is 24.0 Å². The lowest BCUT2D eigenvalue weighted by molar-refractivity contribution is 0.209. The smallest absolute Gasteiger partial charge is 0.135 e. The van der Waals surface area contributed by atoms with Crippen molar-refractivity contribution >= 4 is 11.6 Å². The van der Waals surface area contributed by atoms with Crippen LogP contribution in [0.2, 0.25) is 0 Å². The fraction of sp³-hybridized carbons (Fsp3) is 0.429. The van der Waals surface area contributed by atoms with Gasteiger partial charge >= 0.3 is 0 Å². The van der Waals surface area contributed by atoms with Gasteiger partial charge in [0.05, 0.1) is 17.5 Å². The third-order valence-electron chi connectivity index (χ3n) is 2.77. The van der Waals surface area contributed by atoms with Gasteiger partial charge in [-0.05, 0) is 37.8 Å². The predicted octanol–water partition coefficient (Wildman–Crippen LogP) is 3.60. The molecule has 0 amide bonds. The minimum atomic E-state index is 0.359. The van der Waals surface area contributed by atoms with Gasteiger partial charge in [0.25, 0.3) is 0 Å². The first kappa shape index (κ1) is 11.4. The molecule has 0 aromatic heterocycles. The molecule has 0 spiro atoms. The van der Waals surface area contributed by atoms with Crippen molar-refractivity contribution in [3.05, 3.63) is 29.8 Å². The molecule has 1 saturated carbocycles. The standard InChI is InChI=1S/C14H15ClO/c15-11-5-7-12-6-1-4-10-14(12)16-13-8-2-3-9-13/h1,4,6,10,13H,2-3,8-9,11H2. The van der Waals surface area contributed by atoms with Crippen LogP contribution in [0.4, 0.5) is 0 Å². The zero-order valence-corrected chi connectivity index (χ0v) is 9.96. The number of alkyl halides is 1. The van der Waals surface area contributed by atoms with E-state index in [2.05, 4.69) is 11.8 Å². The Bertz CT molecular complexity index is 397. The van der Waals surface area contributed by atoms with E-state index in [4.69, 9.17) is 16.3 Å². The molecule has 0 saturated heterocycles. The molecule has 2 heteroatoms. The van der Waals surface area contributed by atoms with Gasteiger partial charge in [0.1, 0.15) is 5.75 Å². The molecule has 84 valence electrons. The molecule has 0 bridgehead atoms. The van der Waals surface area contributed by atoms with Crippen molar-refractivity contribution in [2.45, 2.75) is 31.8 Å². The first-order valence-electron chi connectivity index (χ1n) is 5.70. The maximum atomic E-state index is 5.96. The molecule has 0 radical (unpaired) electrons. The number of benzene rings is 1. The van der Waals surface area contributed by atoms with E-state index < -0.39 is 0 Å². The molecule has 2 rings (SSSR count). The number of ether oxygens (including phenoxy) is 1. The molecule has 0 heterocycles. The Hall–Kier alpha value is -1.13. The van der Waals surface area contributed by atoms with E-state index in [1.165, 1.54) is 12.8 Å². The van der Waals surface area contributed by atoms with Crippen LogP contribution >= 0.6 is 11.6 Å². The predicted molar refractivity (Wildman–Crippen MR) is 66.9 cm³/mol. The van der Waals surface area contributed by atoms with Crippen LogP contribution in [-0.4, -0.2) is 12.0 Å². The lowest BCUT2D eigenvalue weighted by atomic mass is 10.2. The van der Waals surface area contributed by atoms with Crippen LogP contribution in [0.3, 0.4) is 0 Å².